The van der Waals surface area contributed by atoms with Gasteiger partial charge in [0.15, 0.2) is 5.11 Å². The summed E-state index contributed by atoms with van der Waals surface area (Å²) in [6.45, 7) is 0. The number of hydrogen-bond donors (Lipinski definition) is 2. The lowest BCUT2D eigenvalue weighted by atomic mass is 9.79. The van der Waals surface area contributed by atoms with Gasteiger partial charge in [-0.05, 0) is 61.2 Å². The molecule has 2 bridgehead atoms. The van der Waals surface area contributed by atoms with Gasteiger partial charge in [0.05, 0.1) is 6.21 Å². The summed E-state index contributed by atoms with van der Waals surface area (Å²) in [6, 6.07) is 4.35. The molecule has 0 aliphatic heterocycles. The van der Waals surface area contributed by atoms with Gasteiger partial charge < -0.3 is 5.32 Å². The number of pyridine rings is 1. The summed E-state index contributed by atoms with van der Waals surface area (Å²) in [4.78, 5) is 4.05. The molecule has 0 unspecified atom stereocenters. The average molecular weight is 312 g/mol. The molecule has 5 heteroatoms. The van der Waals surface area contributed by atoms with Gasteiger partial charge in [0.1, 0.15) is 0 Å². The van der Waals surface area contributed by atoms with E-state index in [-0.39, 0.29) is 0 Å². The smallest absolute Gasteiger partial charge is 0.187 e. The maximum absolute atomic E-state index is 5.37. The number of thiocarbonyl (C=S) groups is 1. The van der Waals surface area contributed by atoms with Crippen LogP contribution in [0.25, 0.3) is 0 Å². The Kier molecular flexibility index (Phi) is 3.66. The molecule has 3 aliphatic carbocycles. The molecule has 2 N–H and O–H groups in total. The Morgan fingerprint density at radius 1 is 1.36 bits per heavy atom. The summed E-state index contributed by atoms with van der Waals surface area (Å²) in [7, 11) is 0. The molecule has 4 nitrogen and oxygen atoms in total. The van der Waals surface area contributed by atoms with Gasteiger partial charge in [-0.3, -0.25) is 10.4 Å². The monoisotopic (exact) mass is 312 g/mol. The van der Waals surface area contributed by atoms with E-state index in [0.29, 0.717) is 11.2 Å². The third-order valence-electron chi connectivity index (χ3n) is 5.39. The lowest BCUT2D eigenvalue weighted by molar-refractivity contribution is 0.246. The van der Waals surface area contributed by atoms with Crippen LogP contribution in [-0.4, -0.2) is 22.4 Å². The van der Waals surface area contributed by atoms with E-state index in [2.05, 4.69) is 33.0 Å². The third-order valence-corrected chi connectivity index (χ3v) is 5.60. The second-order valence-electron chi connectivity index (χ2n) is 6.54. The van der Waals surface area contributed by atoms with Crippen LogP contribution in [0.15, 0.2) is 41.8 Å². The zero-order valence-electron chi connectivity index (χ0n) is 12.4. The maximum Gasteiger partial charge on any atom is 0.187 e. The largest absolute Gasteiger partial charge is 0.358 e. The first-order valence-electron chi connectivity index (χ1n) is 7.97. The summed E-state index contributed by atoms with van der Waals surface area (Å²) in [6.07, 6.45) is 13.9. The quantitative estimate of drug-likeness (QED) is 0.390. The Balaban J connectivity index is 1.30. The van der Waals surface area contributed by atoms with Gasteiger partial charge in [0.25, 0.3) is 0 Å². The number of hydrogen-bond acceptors (Lipinski definition) is 3. The van der Waals surface area contributed by atoms with Crippen molar-refractivity contribution < 1.29 is 0 Å². The second kappa shape index (κ2) is 5.80. The van der Waals surface area contributed by atoms with E-state index in [1.54, 1.807) is 18.6 Å². The highest BCUT2D eigenvalue weighted by Crippen LogP contribution is 2.56. The third kappa shape index (κ3) is 2.54. The normalized spacial score (nSPS) is 35.0. The molecular formula is C17H20N4S. The maximum atomic E-state index is 5.37. The SMILES string of the molecule is S=C(N/N=C\c1cccnc1)N[C@@H]1C[C@H]2C[C@H]1[C@@H]1C=CC[C@@H]21. The molecule has 2 fully saturated rings. The molecule has 1 aromatic heterocycles. The van der Waals surface area contributed by atoms with E-state index in [9.17, 15) is 0 Å². The summed E-state index contributed by atoms with van der Waals surface area (Å²) in [5.74, 6) is 3.31. The van der Waals surface area contributed by atoms with Crippen molar-refractivity contribution in [2.24, 2.45) is 28.8 Å². The summed E-state index contributed by atoms with van der Waals surface area (Å²) in [5.41, 5.74) is 3.88. The van der Waals surface area contributed by atoms with Crippen molar-refractivity contribution in [3.63, 3.8) is 0 Å². The Morgan fingerprint density at radius 3 is 3.18 bits per heavy atom. The van der Waals surface area contributed by atoms with Crippen molar-refractivity contribution in [3.05, 3.63) is 42.2 Å². The van der Waals surface area contributed by atoms with E-state index < -0.39 is 0 Å². The van der Waals surface area contributed by atoms with Crippen LogP contribution in [0, 0.1) is 23.7 Å². The summed E-state index contributed by atoms with van der Waals surface area (Å²) < 4.78 is 0. The van der Waals surface area contributed by atoms with E-state index >= 15 is 0 Å². The first-order chi connectivity index (χ1) is 10.8. The Hall–Kier alpha value is -1.75. The van der Waals surface area contributed by atoms with E-state index in [0.717, 1.165) is 29.2 Å². The van der Waals surface area contributed by atoms with Crippen LogP contribution in [0.3, 0.4) is 0 Å². The van der Waals surface area contributed by atoms with Crippen molar-refractivity contribution >= 4 is 23.5 Å². The number of nitrogens with one attached hydrogen (secondary N) is 2. The van der Waals surface area contributed by atoms with E-state index in [4.69, 9.17) is 12.2 Å². The fourth-order valence-corrected chi connectivity index (χ4v) is 4.73. The van der Waals surface area contributed by atoms with Gasteiger partial charge in [0.2, 0.25) is 0 Å². The zero-order valence-corrected chi connectivity index (χ0v) is 13.2. The molecule has 3 aliphatic rings. The molecular weight excluding hydrogens is 292 g/mol. The number of hydrazone groups is 1. The van der Waals surface area contributed by atoms with Crippen molar-refractivity contribution in [1.29, 1.82) is 0 Å². The van der Waals surface area contributed by atoms with Crippen LogP contribution in [0.2, 0.25) is 0 Å². The number of nitrogens with zero attached hydrogens (tertiary/aromatic N) is 2. The Bertz CT molecular complexity index is 612. The van der Waals surface area contributed by atoms with Crippen molar-refractivity contribution in [3.8, 4) is 0 Å². The topological polar surface area (TPSA) is 49.3 Å². The van der Waals surface area contributed by atoms with E-state index in [1.165, 1.54) is 19.3 Å². The van der Waals surface area contributed by atoms with Gasteiger partial charge >= 0.3 is 0 Å². The number of aromatic nitrogens is 1. The zero-order chi connectivity index (χ0) is 14.9. The molecule has 22 heavy (non-hydrogen) atoms. The molecule has 0 radical (unpaired) electrons. The molecule has 4 rings (SSSR count). The molecule has 0 aromatic carbocycles. The van der Waals surface area contributed by atoms with Crippen molar-refractivity contribution in [2.45, 2.75) is 25.3 Å². The van der Waals surface area contributed by atoms with E-state index in [1.807, 2.05) is 12.1 Å². The highest BCUT2D eigenvalue weighted by Gasteiger charge is 2.52. The van der Waals surface area contributed by atoms with Gasteiger partial charge in [-0.1, -0.05) is 18.2 Å². The first kappa shape index (κ1) is 13.9. The Morgan fingerprint density at radius 2 is 2.32 bits per heavy atom. The molecule has 1 heterocycles. The minimum atomic E-state index is 0.502. The predicted octanol–water partition coefficient (Wildman–Crippen LogP) is 2.48. The second-order valence-corrected chi connectivity index (χ2v) is 6.94. The standard InChI is InChI=1S/C17H20N4S/c22-17(21-19-10-11-3-2-6-18-9-11)20-16-8-12-7-15(16)14-5-1-4-13(12)14/h1-3,5-6,9-10,12-16H,4,7-8H2,(H2,20,21,22)/b19-10-/t12-,13+,14-,15+,16-/m1/s1. The van der Waals surface area contributed by atoms with Gasteiger partial charge in [0, 0.05) is 24.0 Å². The summed E-state index contributed by atoms with van der Waals surface area (Å²) >= 11 is 5.37. The van der Waals surface area contributed by atoms with Crippen LogP contribution in [-0.2, 0) is 0 Å². The molecule has 0 amide bonds. The fraction of sp³-hybridized carbons (Fsp3) is 0.471. The number of rotatable bonds is 3. The minimum Gasteiger partial charge on any atom is -0.358 e. The molecule has 114 valence electrons. The van der Waals surface area contributed by atoms with Gasteiger partial charge in [-0.25, -0.2) is 0 Å². The molecule has 1 aromatic rings. The number of allylic oxidation sites excluding steroid dienone is 2. The average Bonchev–Trinajstić information content (AvgIpc) is 3.20. The first-order valence-corrected chi connectivity index (χ1v) is 8.38. The van der Waals surface area contributed by atoms with Crippen LogP contribution in [0.4, 0.5) is 0 Å². The minimum absolute atomic E-state index is 0.502. The molecule has 0 saturated heterocycles. The van der Waals surface area contributed by atoms with Gasteiger partial charge in [-0.15, -0.1) is 0 Å². The van der Waals surface area contributed by atoms with Crippen LogP contribution in [0.1, 0.15) is 24.8 Å². The van der Waals surface area contributed by atoms with Gasteiger partial charge in [-0.2, -0.15) is 5.10 Å². The lowest BCUT2D eigenvalue weighted by Crippen LogP contribution is -2.45. The fourth-order valence-electron chi connectivity index (χ4n) is 4.53. The predicted molar refractivity (Wildman–Crippen MR) is 91.4 cm³/mol. The molecule has 5 atom stereocenters. The highest BCUT2D eigenvalue weighted by molar-refractivity contribution is 7.80. The van der Waals surface area contributed by atoms with Crippen LogP contribution in [0.5, 0.6) is 0 Å². The Labute approximate surface area is 136 Å². The van der Waals surface area contributed by atoms with Crippen molar-refractivity contribution in [2.75, 3.05) is 0 Å². The molecule has 0 spiro atoms. The van der Waals surface area contributed by atoms with Crippen LogP contribution < -0.4 is 10.7 Å². The lowest BCUT2D eigenvalue weighted by Gasteiger charge is -2.32. The van der Waals surface area contributed by atoms with Crippen molar-refractivity contribution in [1.82, 2.24) is 15.7 Å². The summed E-state index contributed by atoms with van der Waals surface area (Å²) in [5, 5.41) is 8.27. The highest BCUT2D eigenvalue weighted by atomic mass is 32.1. The van der Waals surface area contributed by atoms with Crippen LogP contribution >= 0.6 is 12.2 Å². The number of fused-ring (bicyclic) bond motifs is 5. The molecule has 2 saturated carbocycles.